The van der Waals surface area contributed by atoms with Gasteiger partial charge in [-0.3, -0.25) is 4.79 Å². The van der Waals surface area contributed by atoms with Crippen molar-refractivity contribution < 1.29 is 13.9 Å². The maximum Gasteiger partial charge on any atom is 0.286 e. The Morgan fingerprint density at radius 2 is 1.22 bits per heavy atom. The molecule has 0 saturated carbocycles. The van der Waals surface area contributed by atoms with Gasteiger partial charge >= 0.3 is 0 Å². The molecule has 0 saturated heterocycles. The van der Waals surface area contributed by atoms with Crippen LogP contribution >= 0.6 is 0 Å². The largest absolute Gasteiger partial charge is 0.486 e. The number of amides is 1. The van der Waals surface area contributed by atoms with Crippen LogP contribution in [0.5, 0.6) is 5.75 Å². The minimum Gasteiger partial charge on any atom is -0.486 e. The monoisotopic (exact) mass is 511 g/mol. The first-order valence-electron chi connectivity index (χ1n) is 15.3. The van der Waals surface area contributed by atoms with Crippen molar-refractivity contribution in [3.05, 3.63) is 53.5 Å². The van der Waals surface area contributed by atoms with Crippen LogP contribution in [0.25, 0.3) is 0 Å². The van der Waals surface area contributed by atoms with Gasteiger partial charge in [0.25, 0.3) is 5.91 Å². The van der Waals surface area contributed by atoms with Crippen molar-refractivity contribution in [2.45, 2.75) is 136 Å². The van der Waals surface area contributed by atoms with E-state index in [1.54, 1.807) is 6.07 Å². The van der Waals surface area contributed by atoms with Crippen molar-refractivity contribution in [1.29, 1.82) is 0 Å². The molecule has 0 aliphatic heterocycles. The molecular weight excluding hydrogens is 458 g/mol. The summed E-state index contributed by atoms with van der Waals surface area (Å²) >= 11 is 0. The van der Waals surface area contributed by atoms with Crippen LogP contribution in [0.1, 0.15) is 145 Å². The van der Waals surface area contributed by atoms with Gasteiger partial charge in [0, 0.05) is 6.54 Å². The number of aryl methyl sites for hydroxylation is 1. The van der Waals surface area contributed by atoms with Gasteiger partial charge in [-0.05, 0) is 42.7 Å². The topological polar surface area (TPSA) is 51.5 Å². The lowest BCUT2D eigenvalue weighted by Gasteiger charge is -2.06. The molecule has 0 spiro atoms. The second-order valence-corrected chi connectivity index (χ2v) is 10.5. The van der Waals surface area contributed by atoms with E-state index in [1.165, 1.54) is 102 Å². The summed E-state index contributed by atoms with van der Waals surface area (Å²) in [5.41, 5.74) is 1.32. The van der Waals surface area contributed by atoms with Crippen molar-refractivity contribution in [3.8, 4) is 5.75 Å². The summed E-state index contributed by atoms with van der Waals surface area (Å²) in [6.45, 7) is 5.48. The maximum atomic E-state index is 12.3. The van der Waals surface area contributed by atoms with E-state index in [-0.39, 0.29) is 5.91 Å². The first-order valence-corrected chi connectivity index (χ1v) is 15.3. The first-order chi connectivity index (χ1) is 18.2. The van der Waals surface area contributed by atoms with Gasteiger partial charge in [-0.15, -0.1) is 0 Å². The van der Waals surface area contributed by atoms with Crippen molar-refractivity contribution in [2.75, 3.05) is 6.54 Å². The Labute approximate surface area is 227 Å². The van der Waals surface area contributed by atoms with Gasteiger partial charge in [0.1, 0.15) is 18.1 Å². The van der Waals surface area contributed by atoms with E-state index in [2.05, 4.69) is 31.3 Å². The van der Waals surface area contributed by atoms with Crippen molar-refractivity contribution in [2.24, 2.45) is 0 Å². The molecule has 1 aromatic heterocycles. The summed E-state index contributed by atoms with van der Waals surface area (Å²) in [5, 5.41) is 2.98. The highest BCUT2D eigenvalue weighted by Crippen LogP contribution is 2.17. The van der Waals surface area contributed by atoms with E-state index in [4.69, 9.17) is 9.15 Å². The molecule has 0 radical (unpaired) electrons. The fourth-order valence-corrected chi connectivity index (χ4v) is 4.74. The summed E-state index contributed by atoms with van der Waals surface area (Å²) in [6.07, 6.45) is 23.9. The minimum absolute atomic E-state index is 0.142. The molecule has 1 aromatic carbocycles. The molecule has 208 valence electrons. The molecule has 37 heavy (non-hydrogen) atoms. The van der Waals surface area contributed by atoms with Gasteiger partial charge in [0.15, 0.2) is 5.76 Å². The van der Waals surface area contributed by atoms with E-state index >= 15 is 0 Å². The van der Waals surface area contributed by atoms with Gasteiger partial charge < -0.3 is 14.5 Å². The molecule has 4 heteroatoms. The number of rotatable bonds is 23. The lowest BCUT2D eigenvalue weighted by molar-refractivity contribution is 0.0921. The number of carbonyl (C=O) groups excluding carboxylic acids is 1. The Kier molecular flexibility index (Phi) is 17.4. The van der Waals surface area contributed by atoms with E-state index in [9.17, 15) is 4.79 Å². The minimum atomic E-state index is -0.142. The number of hydrogen-bond donors (Lipinski definition) is 1. The van der Waals surface area contributed by atoms with Crippen LogP contribution in [-0.2, 0) is 13.0 Å². The van der Waals surface area contributed by atoms with Crippen LogP contribution in [0.4, 0.5) is 0 Å². The summed E-state index contributed by atoms with van der Waals surface area (Å²) < 4.78 is 11.5. The third kappa shape index (κ3) is 14.9. The fraction of sp³-hybridized carbons (Fsp3) is 0.667. The summed E-state index contributed by atoms with van der Waals surface area (Å²) in [4.78, 5) is 12.3. The quantitative estimate of drug-likeness (QED) is 0.151. The van der Waals surface area contributed by atoms with E-state index in [0.29, 0.717) is 24.7 Å². The number of nitrogens with one attached hydrogen (secondary N) is 1. The van der Waals surface area contributed by atoms with Gasteiger partial charge in [-0.2, -0.15) is 0 Å². The highest BCUT2D eigenvalue weighted by Gasteiger charge is 2.11. The van der Waals surface area contributed by atoms with Crippen LogP contribution in [-0.4, -0.2) is 12.5 Å². The summed E-state index contributed by atoms with van der Waals surface area (Å²) in [5.74, 6) is 1.68. The third-order valence-corrected chi connectivity index (χ3v) is 7.04. The Bertz CT molecular complexity index is 811. The Hall–Kier alpha value is -2.23. The van der Waals surface area contributed by atoms with Crippen LogP contribution in [0, 0.1) is 0 Å². The smallest absolute Gasteiger partial charge is 0.286 e. The summed E-state index contributed by atoms with van der Waals surface area (Å²) in [6, 6.07) is 11.7. The Morgan fingerprint density at radius 3 is 1.76 bits per heavy atom. The zero-order chi connectivity index (χ0) is 26.4. The average molecular weight is 512 g/mol. The first kappa shape index (κ1) is 31.0. The van der Waals surface area contributed by atoms with Crippen LogP contribution in [0.2, 0.25) is 0 Å². The lowest BCUT2D eigenvalue weighted by atomic mass is 10.0. The van der Waals surface area contributed by atoms with Crippen LogP contribution in [0.15, 0.2) is 40.8 Å². The molecule has 4 nitrogen and oxygen atoms in total. The van der Waals surface area contributed by atoms with Gasteiger partial charge in [-0.25, -0.2) is 0 Å². The fourth-order valence-electron chi connectivity index (χ4n) is 4.74. The number of hydrogen-bond acceptors (Lipinski definition) is 3. The SMILES string of the molecule is CCCCCCCCCCCCCCCCCCNC(=O)c1ccc(COc2ccc(CCC)cc2)o1. The number of ether oxygens (including phenoxy) is 1. The predicted octanol–water partition coefficient (Wildman–Crippen LogP) is 9.80. The Morgan fingerprint density at radius 1 is 0.676 bits per heavy atom. The average Bonchev–Trinajstić information content (AvgIpc) is 3.39. The number of benzene rings is 1. The maximum absolute atomic E-state index is 12.3. The molecular formula is C33H53NO3. The van der Waals surface area contributed by atoms with Crippen molar-refractivity contribution in [3.63, 3.8) is 0 Å². The molecule has 2 aromatic rings. The molecule has 0 aliphatic rings. The van der Waals surface area contributed by atoms with E-state index < -0.39 is 0 Å². The number of furan rings is 1. The molecule has 1 amide bonds. The standard InChI is InChI=1S/C33H53NO3/c1-3-5-6-7-8-9-10-11-12-13-14-15-16-17-18-19-27-34-33(35)32-26-25-31(37-32)28-36-30-23-21-29(20-4-2)22-24-30/h21-26H,3-20,27-28H2,1-2H3,(H,34,35). The second kappa shape index (κ2) is 20.8. The second-order valence-electron chi connectivity index (χ2n) is 10.5. The number of unbranched alkanes of at least 4 members (excludes halogenated alkanes) is 15. The van der Waals surface area contributed by atoms with E-state index in [1.807, 2.05) is 18.2 Å². The van der Waals surface area contributed by atoms with Crippen LogP contribution in [0.3, 0.4) is 0 Å². The molecule has 2 rings (SSSR count). The van der Waals surface area contributed by atoms with Crippen molar-refractivity contribution in [1.82, 2.24) is 5.32 Å². The van der Waals surface area contributed by atoms with Gasteiger partial charge in [-0.1, -0.05) is 129 Å². The molecule has 0 fully saturated rings. The molecule has 0 atom stereocenters. The molecule has 0 unspecified atom stereocenters. The van der Waals surface area contributed by atoms with Gasteiger partial charge in [0.2, 0.25) is 0 Å². The zero-order valence-corrected chi connectivity index (χ0v) is 23.8. The van der Waals surface area contributed by atoms with Crippen LogP contribution < -0.4 is 10.1 Å². The highest BCUT2D eigenvalue weighted by atomic mass is 16.5. The predicted molar refractivity (Wildman–Crippen MR) is 155 cm³/mol. The molecule has 1 heterocycles. The Balaban J connectivity index is 1.41. The number of carbonyl (C=O) groups is 1. The zero-order valence-electron chi connectivity index (χ0n) is 23.8. The lowest BCUT2D eigenvalue weighted by Crippen LogP contribution is -2.23. The normalized spacial score (nSPS) is 11.1. The van der Waals surface area contributed by atoms with Crippen molar-refractivity contribution >= 4 is 5.91 Å². The highest BCUT2D eigenvalue weighted by molar-refractivity contribution is 5.91. The summed E-state index contributed by atoms with van der Waals surface area (Å²) in [7, 11) is 0. The van der Waals surface area contributed by atoms with E-state index in [0.717, 1.165) is 25.0 Å². The third-order valence-electron chi connectivity index (χ3n) is 7.04. The molecule has 0 bridgehead atoms. The van der Waals surface area contributed by atoms with Gasteiger partial charge in [0.05, 0.1) is 0 Å². The molecule has 1 N–H and O–H groups in total. The molecule has 0 aliphatic carbocycles.